The lowest BCUT2D eigenvalue weighted by atomic mass is 10.0. The Morgan fingerprint density at radius 1 is 1.08 bits per heavy atom. The van der Waals surface area contributed by atoms with E-state index in [2.05, 4.69) is 21.6 Å². The van der Waals surface area contributed by atoms with Gasteiger partial charge in [0.1, 0.15) is 5.65 Å². The Morgan fingerprint density at radius 3 is 2.36 bits per heavy atom. The molecular weight excluding hydrogens is 506 g/mol. The van der Waals surface area contributed by atoms with E-state index in [-0.39, 0.29) is 0 Å². The van der Waals surface area contributed by atoms with Crippen LogP contribution in [-0.4, -0.2) is 64.4 Å². The van der Waals surface area contributed by atoms with Crippen molar-refractivity contribution < 1.29 is 4.74 Å². The summed E-state index contributed by atoms with van der Waals surface area (Å²) in [4.78, 5) is 12.5. The molecule has 0 bridgehead atoms. The summed E-state index contributed by atoms with van der Waals surface area (Å²) < 4.78 is 7.97. The molecule has 1 aromatic carbocycles. The molecule has 8 nitrogen and oxygen atoms in total. The molecule has 6 rings (SSSR count). The van der Waals surface area contributed by atoms with Crippen molar-refractivity contribution >= 4 is 45.2 Å². The summed E-state index contributed by atoms with van der Waals surface area (Å²) in [5.41, 5.74) is 12.6. The van der Waals surface area contributed by atoms with Crippen LogP contribution in [0.5, 0.6) is 0 Å². The summed E-state index contributed by atoms with van der Waals surface area (Å²) in [5.74, 6) is 8.97. The zero-order valence-corrected chi connectivity index (χ0v) is 23.7. The van der Waals surface area contributed by atoms with Crippen molar-refractivity contribution in [3.05, 3.63) is 72.2 Å². The third kappa shape index (κ3) is 6.32. The van der Waals surface area contributed by atoms with E-state index in [0.29, 0.717) is 11.6 Å². The summed E-state index contributed by atoms with van der Waals surface area (Å²) >= 11 is 2.02. The molecule has 206 valence electrons. The summed E-state index contributed by atoms with van der Waals surface area (Å²) in [6.07, 6.45) is 4.15. The van der Waals surface area contributed by atoms with Crippen LogP contribution in [0, 0.1) is 5.92 Å². The molecule has 0 unspecified atom stereocenters. The molecule has 2 fully saturated rings. The van der Waals surface area contributed by atoms with Gasteiger partial charge in [-0.25, -0.2) is 10.8 Å². The molecule has 39 heavy (non-hydrogen) atoms. The molecular formula is C30H39N7OS. The van der Waals surface area contributed by atoms with Gasteiger partial charge in [0, 0.05) is 62.5 Å². The number of hydrogen-bond donors (Lipinski definition) is 2. The molecule has 0 spiro atoms. The number of benzene rings is 1. The number of nitrogens with zero attached hydrogens (tertiary/aromatic N) is 5. The quantitative estimate of drug-likeness (QED) is 0.275. The molecule has 0 saturated carbocycles. The molecule has 9 heteroatoms. The average Bonchev–Trinajstić information content (AvgIpc) is 3.27. The van der Waals surface area contributed by atoms with Crippen molar-refractivity contribution in [3.63, 3.8) is 0 Å². The number of hydrogen-bond acceptors (Lipinski definition) is 8. The predicted molar refractivity (Wildman–Crippen MR) is 163 cm³/mol. The van der Waals surface area contributed by atoms with E-state index >= 15 is 0 Å². The average molecular weight is 546 g/mol. The van der Waals surface area contributed by atoms with Crippen LogP contribution in [0.3, 0.4) is 0 Å². The van der Waals surface area contributed by atoms with Crippen LogP contribution in [0.2, 0.25) is 0 Å². The highest BCUT2D eigenvalue weighted by Crippen LogP contribution is 2.33. The largest absolute Gasteiger partial charge is 0.400 e. The highest BCUT2D eigenvalue weighted by atomic mass is 32.2. The Hall–Kier alpha value is -3.27. The van der Waals surface area contributed by atoms with Crippen molar-refractivity contribution in [2.24, 2.45) is 17.5 Å². The van der Waals surface area contributed by atoms with Gasteiger partial charge < -0.3 is 24.9 Å². The SMILES string of the molecule is C/C(N)=C(\c1ccc2c3ncc(N4CCSCC4)cc3n(CC3CCOCC3)c2n1)N(C)N.c1ccccc1. The summed E-state index contributed by atoms with van der Waals surface area (Å²) in [6.45, 7) is 6.53. The Labute approximate surface area is 235 Å². The van der Waals surface area contributed by atoms with E-state index in [4.69, 9.17) is 26.3 Å². The maximum atomic E-state index is 6.16. The fourth-order valence-electron chi connectivity index (χ4n) is 5.35. The number of pyridine rings is 2. The number of ether oxygens (including phenoxy) is 1. The lowest BCUT2D eigenvalue weighted by Crippen LogP contribution is -2.32. The fraction of sp³-hybridized carbons (Fsp3) is 0.400. The van der Waals surface area contributed by atoms with Gasteiger partial charge in [-0.05, 0) is 43.9 Å². The van der Waals surface area contributed by atoms with Gasteiger partial charge >= 0.3 is 0 Å². The monoisotopic (exact) mass is 545 g/mol. The molecule has 2 aliphatic rings. The van der Waals surface area contributed by atoms with E-state index in [1.165, 1.54) is 5.69 Å². The van der Waals surface area contributed by atoms with Crippen LogP contribution in [0.1, 0.15) is 25.5 Å². The second-order valence-corrected chi connectivity index (χ2v) is 11.4. The number of thioether (sulfide) groups is 1. The van der Waals surface area contributed by atoms with Crippen molar-refractivity contribution in [1.29, 1.82) is 0 Å². The first-order chi connectivity index (χ1) is 19.0. The third-order valence-corrected chi connectivity index (χ3v) is 8.27. The van der Waals surface area contributed by atoms with Crippen molar-refractivity contribution in [1.82, 2.24) is 19.5 Å². The van der Waals surface area contributed by atoms with Gasteiger partial charge in [0.15, 0.2) is 0 Å². The Morgan fingerprint density at radius 2 is 1.74 bits per heavy atom. The zero-order valence-electron chi connectivity index (χ0n) is 22.9. The molecule has 0 amide bonds. The van der Waals surface area contributed by atoms with Crippen LogP contribution in [0.4, 0.5) is 5.69 Å². The number of nitrogens with two attached hydrogens (primary N) is 2. The number of aromatic nitrogens is 3. The second kappa shape index (κ2) is 12.7. The summed E-state index contributed by atoms with van der Waals surface area (Å²) in [5, 5.41) is 2.61. The van der Waals surface area contributed by atoms with Gasteiger partial charge in [0.25, 0.3) is 0 Å². The molecule has 4 N–H and O–H groups in total. The van der Waals surface area contributed by atoms with E-state index in [1.54, 1.807) is 12.1 Å². The highest BCUT2D eigenvalue weighted by Gasteiger charge is 2.22. The lowest BCUT2D eigenvalue weighted by Gasteiger charge is -2.28. The van der Waals surface area contributed by atoms with Gasteiger partial charge in [0.2, 0.25) is 0 Å². The number of fused-ring (bicyclic) bond motifs is 3. The predicted octanol–water partition coefficient (Wildman–Crippen LogP) is 4.70. The van der Waals surface area contributed by atoms with Crippen LogP contribution in [-0.2, 0) is 11.3 Å². The fourth-order valence-corrected chi connectivity index (χ4v) is 6.26. The molecule has 5 heterocycles. The van der Waals surface area contributed by atoms with Crippen molar-refractivity contribution in [2.75, 3.05) is 49.8 Å². The summed E-state index contributed by atoms with van der Waals surface area (Å²) in [7, 11) is 1.79. The number of rotatable bonds is 5. The summed E-state index contributed by atoms with van der Waals surface area (Å²) in [6, 6.07) is 18.4. The van der Waals surface area contributed by atoms with Crippen LogP contribution in [0.15, 0.2) is 66.5 Å². The normalized spacial score (nSPS) is 17.1. The van der Waals surface area contributed by atoms with Gasteiger partial charge in [-0.2, -0.15) is 11.8 Å². The molecule has 2 saturated heterocycles. The highest BCUT2D eigenvalue weighted by molar-refractivity contribution is 7.99. The van der Waals surface area contributed by atoms with E-state index in [1.807, 2.05) is 67.3 Å². The molecule has 0 radical (unpaired) electrons. The van der Waals surface area contributed by atoms with Crippen LogP contribution in [0.25, 0.3) is 27.8 Å². The zero-order chi connectivity index (χ0) is 27.2. The number of anilines is 1. The number of hydrazine groups is 1. The maximum absolute atomic E-state index is 6.16. The second-order valence-electron chi connectivity index (χ2n) is 10.2. The van der Waals surface area contributed by atoms with Crippen molar-refractivity contribution in [3.8, 4) is 0 Å². The Balaban J connectivity index is 0.000000455. The topological polar surface area (TPSA) is 98.5 Å². The lowest BCUT2D eigenvalue weighted by molar-refractivity contribution is 0.0619. The minimum atomic E-state index is 0.557. The molecule has 0 aliphatic carbocycles. The van der Waals surface area contributed by atoms with E-state index < -0.39 is 0 Å². The third-order valence-electron chi connectivity index (χ3n) is 7.32. The van der Waals surface area contributed by atoms with Crippen LogP contribution < -0.4 is 16.5 Å². The first-order valence-electron chi connectivity index (χ1n) is 13.7. The van der Waals surface area contributed by atoms with Gasteiger partial charge in [-0.3, -0.25) is 4.98 Å². The standard InChI is InChI=1S/C24H33N7OS.C6H6/c1-16(25)23(29(2)26)20-4-3-19-22-21(13-18(14-27-22)30-7-11-33-12-8-30)31(24(19)28-20)15-17-5-9-32-10-6-17;1-2-4-6-5-3-1/h3-4,13-14,17H,5-12,15,25-26H2,1-2H3;1-6H/b23-16-;. The minimum absolute atomic E-state index is 0.557. The van der Waals surface area contributed by atoms with E-state index in [0.717, 1.165) is 90.7 Å². The van der Waals surface area contributed by atoms with E-state index in [9.17, 15) is 0 Å². The molecule has 4 aromatic rings. The Bertz CT molecular complexity index is 1380. The number of allylic oxidation sites excluding steroid dienone is 1. The molecule has 0 atom stereocenters. The minimum Gasteiger partial charge on any atom is -0.400 e. The maximum Gasteiger partial charge on any atom is 0.143 e. The van der Waals surface area contributed by atoms with Crippen molar-refractivity contribution in [2.45, 2.75) is 26.3 Å². The first kappa shape index (κ1) is 27.3. The first-order valence-corrected chi connectivity index (χ1v) is 14.8. The smallest absolute Gasteiger partial charge is 0.143 e. The van der Waals surface area contributed by atoms with Gasteiger partial charge in [-0.1, -0.05) is 36.4 Å². The van der Waals surface area contributed by atoms with Crippen LogP contribution >= 0.6 is 11.8 Å². The molecule has 2 aliphatic heterocycles. The Kier molecular flexibility index (Phi) is 8.91. The van der Waals surface area contributed by atoms with Gasteiger partial charge in [-0.15, -0.1) is 0 Å². The van der Waals surface area contributed by atoms with Gasteiger partial charge in [0.05, 0.1) is 34.3 Å². The molecule has 3 aromatic heterocycles.